The molecule has 0 unspecified atom stereocenters. The van der Waals surface area contributed by atoms with E-state index in [2.05, 4.69) is 4.98 Å². The second-order valence-electron chi connectivity index (χ2n) is 4.38. The van der Waals surface area contributed by atoms with Crippen LogP contribution in [-0.4, -0.2) is 47.6 Å². The van der Waals surface area contributed by atoms with E-state index in [0.717, 1.165) is 6.42 Å². The number of benzene rings is 1. The Morgan fingerprint density at radius 1 is 1.35 bits per heavy atom. The number of aryl methyl sites for hydroxylation is 1. The number of carboxylic acids is 1. The first-order chi connectivity index (χ1) is 9.74. The molecule has 0 radical (unpaired) electrons. The quantitative estimate of drug-likeness (QED) is 0.745. The third kappa shape index (κ3) is 3.34. The Labute approximate surface area is 116 Å². The van der Waals surface area contributed by atoms with Crippen LogP contribution >= 0.6 is 0 Å². The molecule has 0 saturated carbocycles. The van der Waals surface area contributed by atoms with Crippen molar-refractivity contribution >= 4 is 17.0 Å². The second kappa shape index (κ2) is 7.02. The highest BCUT2D eigenvalue weighted by molar-refractivity contribution is 6.01. The Balaban J connectivity index is 2.01. The van der Waals surface area contributed by atoms with Crippen LogP contribution in [0.4, 0.5) is 0 Å². The molecule has 0 saturated heterocycles. The normalized spacial score (nSPS) is 11.1. The molecule has 6 nitrogen and oxygen atoms in total. The van der Waals surface area contributed by atoms with E-state index in [9.17, 15) is 9.90 Å². The highest BCUT2D eigenvalue weighted by atomic mass is 16.5. The summed E-state index contributed by atoms with van der Waals surface area (Å²) in [6.07, 6.45) is 2.47. The number of imidazole rings is 1. The number of ether oxygens (including phenoxy) is 2. The minimum atomic E-state index is -0.936. The summed E-state index contributed by atoms with van der Waals surface area (Å²) in [5.74, 6) is -0.936. The lowest BCUT2D eigenvalue weighted by molar-refractivity contribution is 0.0680. The van der Waals surface area contributed by atoms with Gasteiger partial charge in [0, 0.05) is 20.3 Å². The molecule has 2 aromatic rings. The third-order valence-corrected chi connectivity index (χ3v) is 2.99. The number of hydrogen-bond acceptors (Lipinski definition) is 4. The van der Waals surface area contributed by atoms with Crippen LogP contribution in [0.3, 0.4) is 0 Å². The van der Waals surface area contributed by atoms with E-state index in [1.165, 1.54) is 0 Å². The first kappa shape index (κ1) is 14.5. The number of aromatic nitrogens is 2. The maximum absolute atomic E-state index is 11.2. The Bertz CT molecular complexity index is 580. The lowest BCUT2D eigenvalue weighted by Crippen LogP contribution is -2.07. The van der Waals surface area contributed by atoms with E-state index in [1.54, 1.807) is 25.6 Å². The third-order valence-electron chi connectivity index (χ3n) is 2.99. The van der Waals surface area contributed by atoms with Crippen molar-refractivity contribution in [3.8, 4) is 0 Å². The summed E-state index contributed by atoms with van der Waals surface area (Å²) in [6.45, 7) is 2.44. The smallest absolute Gasteiger partial charge is 0.337 e. The zero-order valence-corrected chi connectivity index (χ0v) is 11.4. The average molecular weight is 278 g/mol. The van der Waals surface area contributed by atoms with Crippen molar-refractivity contribution in [3.63, 3.8) is 0 Å². The summed E-state index contributed by atoms with van der Waals surface area (Å²) in [7, 11) is 1.63. The van der Waals surface area contributed by atoms with Gasteiger partial charge in [-0.1, -0.05) is 6.07 Å². The first-order valence-corrected chi connectivity index (χ1v) is 6.48. The fourth-order valence-electron chi connectivity index (χ4n) is 2.05. The van der Waals surface area contributed by atoms with E-state index in [0.29, 0.717) is 37.4 Å². The van der Waals surface area contributed by atoms with Crippen molar-refractivity contribution in [1.29, 1.82) is 0 Å². The molecular weight excluding hydrogens is 260 g/mol. The van der Waals surface area contributed by atoms with Crippen LogP contribution in [0, 0.1) is 0 Å². The minimum absolute atomic E-state index is 0.278. The molecule has 0 aliphatic carbocycles. The molecule has 20 heavy (non-hydrogen) atoms. The first-order valence-electron chi connectivity index (χ1n) is 6.48. The number of carbonyl (C=O) groups is 1. The van der Waals surface area contributed by atoms with Crippen LogP contribution in [0.25, 0.3) is 11.0 Å². The molecule has 0 aliphatic heterocycles. The van der Waals surface area contributed by atoms with Crippen LogP contribution in [-0.2, 0) is 16.0 Å². The zero-order valence-electron chi connectivity index (χ0n) is 11.4. The lowest BCUT2D eigenvalue weighted by Gasteiger charge is -2.07. The Morgan fingerprint density at radius 2 is 2.20 bits per heavy atom. The van der Waals surface area contributed by atoms with Gasteiger partial charge in [0.15, 0.2) is 0 Å². The number of para-hydroxylation sites is 1. The number of methoxy groups -OCH3 is 1. The zero-order chi connectivity index (χ0) is 14.4. The number of carboxylic acid groups (broad SMARTS) is 1. The van der Waals surface area contributed by atoms with Crippen molar-refractivity contribution in [3.05, 3.63) is 30.1 Å². The van der Waals surface area contributed by atoms with Crippen molar-refractivity contribution in [1.82, 2.24) is 9.55 Å². The molecule has 0 bridgehead atoms. The fourth-order valence-corrected chi connectivity index (χ4v) is 2.05. The highest BCUT2D eigenvalue weighted by Crippen LogP contribution is 2.18. The molecule has 0 aliphatic rings. The van der Waals surface area contributed by atoms with Crippen molar-refractivity contribution in [2.24, 2.45) is 0 Å². The van der Waals surface area contributed by atoms with Gasteiger partial charge in [-0.25, -0.2) is 9.78 Å². The maximum Gasteiger partial charge on any atom is 0.337 e. The summed E-state index contributed by atoms with van der Waals surface area (Å²) in [6, 6.07) is 5.11. The van der Waals surface area contributed by atoms with Gasteiger partial charge in [0.2, 0.25) is 0 Å². The number of rotatable bonds is 8. The molecule has 1 aromatic heterocycles. The second-order valence-corrected chi connectivity index (χ2v) is 4.38. The molecular formula is C14H18N2O4. The predicted molar refractivity (Wildman–Crippen MR) is 74.0 cm³/mol. The Hall–Kier alpha value is -1.92. The van der Waals surface area contributed by atoms with Gasteiger partial charge in [0.25, 0.3) is 0 Å². The molecule has 1 N–H and O–H groups in total. The summed E-state index contributed by atoms with van der Waals surface area (Å²) >= 11 is 0. The Kier molecular flexibility index (Phi) is 5.09. The van der Waals surface area contributed by atoms with Gasteiger partial charge in [0.1, 0.15) is 0 Å². The number of aromatic carboxylic acids is 1. The van der Waals surface area contributed by atoms with Gasteiger partial charge in [-0.2, -0.15) is 0 Å². The SMILES string of the molecule is COCCOCCCn1cnc2cccc(C(=O)O)c21. The van der Waals surface area contributed by atoms with Crippen molar-refractivity contribution < 1.29 is 19.4 Å². The molecule has 6 heteroatoms. The molecule has 0 fully saturated rings. The van der Waals surface area contributed by atoms with Gasteiger partial charge in [-0.05, 0) is 18.6 Å². The number of hydrogen-bond donors (Lipinski definition) is 1. The molecule has 0 spiro atoms. The lowest BCUT2D eigenvalue weighted by atomic mass is 10.2. The summed E-state index contributed by atoms with van der Waals surface area (Å²) in [5, 5.41) is 9.21. The molecule has 1 aromatic carbocycles. The van der Waals surface area contributed by atoms with Crippen LogP contribution in [0.15, 0.2) is 24.5 Å². The van der Waals surface area contributed by atoms with Crippen LogP contribution in [0.5, 0.6) is 0 Å². The number of fused-ring (bicyclic) bond motifs is 1. The molecule has 108 valence electrons. The monoisotopic (exact) mass is 278 g/mol. The van der Waals surface area contributed by atoms with Crippen LogP contribution in [0.1, 0.15) is 16.8 Å². The predicted octanol–water partition coefficient (Wildman–Crippen LogP) is 1.79. The van der Waals surface area contributed by atoms with E-state index >= 15 is 0 Å². The summed E-state index contributed by atoms with van der Waals surface area (Å²) in [4.78, 5) is 15.5. The number of nitrogens with zero attached hydrogens (tertiary/aromatic N) is 2. The minimum Gasteiger partial charge on any atom is -0.478 e. The van der Waals surface area contributed by atoms with Gasteiger partial charge in [-0.3, -0.25) is 0 Å². The van der Waals surface area contributed by atoms with Crippen LogP contribution < -0.4 is 0 Å². The Morgan fingerprint density at radius 3 is 2.95 bits per heavy atom. The summed E-state index contributed by atoms with van der Waals surface area (Å²) in [5.41, 5.74) is 1.64. The van der Waals surface area contributed by atoms with Crippen molar-refractivity contribution in [2.45, 2.75) is 13.0 Å². The van der Waals surface area contributed by atoms with E-state index in [4.69, 9.17) is 9.47 Å². The van der Waals surface area contributed by atoms with E-state index in [-0.39, 0.29) is 5.56 Å². The fraction of sp³-hybridized carbons (Fsp3) is 0.429. The standard InChI is InChI=1S/C14H18N2O4/c1-19-8-9-20-7-3-6-16-10-15-12-5-2-4-11(13(12)16)14(17)18/h2,4-5,10H,3,6-9H2,1H3,(H,17,18). The topological polar surface area (TPSA) is 73.6 Å². The molecule has 1 heterocycles. The summed E-state index contributed by atoms with van der Waals surface area (Å²) < 4.78 is 12.1. The van der Waals surface area contributed by atoms with E-state index in [1.807, 2.05) is 10.6 Å². The largest absolute Gasteiger partial charge is 0.478 e. The average Bonchev–Trinajstić information content (AvgIpc) is 2.86. The van der Waals surface area contributed by atoms with Crippen LogP contribution in [0.2, 0.25) is 0 Å². The molecule has 0 atom stereocenters. The van der Waals surface area contributed by atoms with Gasteiger partial charge in [0.05, 0.1) is 36.1 Å². The molecule has 0 amide bonds. The highest BCUT2D eigenvalue weighted by Gasteiger charge is 2.12. The van der Waals surface area contributed by atoms with Crippen molar-refractivity contribution in [2.75, 3.05) is 26.9 Å². The van der Waals surface area contributed by atoms with Gasteiger partial charge >= 0.3 is 5.97 Å². The maximum atomic E-state index is 11.2. The van der Waals surface area contributed by atoms with Gasteiger partial charge in [-0.15, -0.1) is 0 Å². The van der Waals surface area contributed by atoms with Gasteiger partial charge < -0.3 is 19.1 Å². The van der Waals surface area contributed by atoms with E-state index < -0.39 is 5.97 Å². The molecule has 2 rings (SSSR count).